The van der Waals surface area contributed by atoms with Gasteiger partial charge >= 0.3 is 0 Å². The fraction of sp³-hybridized carbons (Fsp3) is 0. The summed E-state index contributed by atoms with van der Waals surface area (Å²) in [5, 5.41) is 0. The van der Waals surface area contributed by atoms with Gasteiger partial charge in [-0.2, -0.15) is 0 Å². The minimum absolute atomic E-state index is 0.930. The lowest BCUT2D eigenvalue weighted by atomic mass is 9.90. The quantitative estimate of drug-likeness (QED) is 0.434. The maximum Gasteiger partial charge on any atom is 0.0740 e. The van der Waals surface area contributed by atoms with Gasteiger partial charge in [-0.05, 0) is 29.2 Å². The zero-order valence-corrected chi connectivity index (χ0v) is 13.9. The third-order valence-corrected chi connectivity index (χ3v) is 4.37. The number of rotatable bonds is 3. The molecule has 0 aliphatic heterocycles. The minimum atomic E-state index is 0.930. The Labute approximate surface area is 148 Å². The average Bonchev–Trinajstić information content (AvgIpc) is 2.70. The topological polar surface area (TPSA) is 12.9 Å². The molecule has 0 N–H and O–H groups in total. The molecule has 0 aliphatic rings. The van der Waals surface area contributed by atoms with Gasteiger partial charge in [0.1, 0.15) is 0 Å². The lowest BCUT2D eigenvalue weighted by Gasteiger charge is -2.16. The lowest BCUT2D eigenvalue weighted by Crippen LogP contribution is -1.96. The Bertz CT molecular complexity index is 974. The molecule has 0 amide bonds. The van der Waals surface area contributed by atoms with E-state index in [1.165, 1.54) is 0 Å². The van der Waals surface area contributed by atoms with E-state index in [-0.39, 0.29) is 0 Å². The second kappa shape index (κ2) is 6.74. The highest BCUT2D eigenvalue weighted by molar-refractivity contribution is 5.89. The molecule has 4 rings (SSSR count). The van der Waals surface area contributed by atoms with Gasteiger partial charge in [0, 0.05) is 17.3 Å². The van der Waals surface area contributed by atoms with E-state index in [1.54, 1.807) is 0 Å². The molecule has 0 bridgehead atoms. The Morgan fingerprint density at radius 1 is 0.560 bits per heavy atom. The van der Waals surface area contributed by atoms with Gasteiger partial charge in [0.25, 0.3) is 0 Å². The van der Waals surface area contributed by atoms with Gasteiger partial charge in [-0.1, -0.05) is 91.0 Å². The van der Waals surface area contributed by atoms with E-state index in [0.717, 1.165) is 39.1 Å². The van der Waals surface area contributed by atoms with Crippen molar-refractivity contribution in [2.45, 2.75) is 0 Å². The van der Waals surface area contributed by atoms with Crippen molar-refractivity contribution >= 4 is 0 Å². The van der Waals surface area contributed by atoms with Gasteiger partial charge in [0.2, 0.25) is 0 Å². The van der Waals surface area contributed by atoms with Gasteiger partial charge in [0.15, 0.2) is 0 Å². The molecule has 1 nitrogen and oxygen atoms in total. The standard InChI is InChI=1S/C24H18N/c1-18-23(20-13-7-3-8-14-20)22(19-11-5-2-6-12-19)17-25-24(18)21-15-9-4-10-16-21/h2-17H,1H2. The van der Waals surface area contributed by atoms with Crippen LogP contribution in [0.2, 0.25) is 0 Å². The monoisotopic (exact) mass is 320 g/mol. The summed E-state index contributed by atoms with van der Waals surface area (Å²) >= 11 is 0. The van der Waals surface area contributed by atoms with Crippen LogP contribution in [0.4, 0.5) is 0 Å². The predicted octanol–water partition coefficient (Wildman–Crippen LogP) is 6.26. The van der Waals surface area contributed by atoms with Gasteiger partial charge in [-0.3, -0.25) is 4.98 Å². The summed E-state index contributed by atoms with van der Waals surface area (Å²) in [7, 11) is 0. The van der Waals surface area contributed by atoms with Crippen molar-refractivity contribution in [1.29, 1.82) is 0 Å². The molecule has 4 aromatic rings. The zero-order valence-electron chi connectivity index (χ0n) is 13.9. The van der Waals surface area contributed by atoms with Crippen LogP contribution in [-0.2, 0) is 0 Å². The summed E-state index contributed by atoms with van der Waals surface area (Å²) in [6.45, 7) is 4.40. The first-order valence-corrected chi connectivity index (χ1v) is 8.36. The van der Waals surface area contributed by atoms with Gasteiger partial charge in [0.05, 0.1) is 5.69 Å². The Morgan fingerprint density at radius 2 is 1.04 bits per heavy atom. The third kappa shape index (κ3) is 2.97. The van der Waals surface area contributed by atoms with Crippen LogP contribution in [0.5, 0.6) is 0 Å². The van der Waals surface area contributed by atoms with Crippen LogP contribution in [0.3, 0.4) is 0 Å². The fourth-order valence-electron chi connectivity index (χ4n) is 3.17. The summed E-state index contributed by atoms with van der Waals surface area (Å²) in [5.74, 6) is 0. The summed E-state index contributed by atoms with van der Waals surface area (Å²) in [6, 6.07) is 31.0. The molecule has 1 heterocycles. The molecule has 0 unspecified atom stereocenters. The molecule has 0 saturated heterocycles. The molecule has 0 fully saturated rings. The largest absolute Gasteiger partial charge is 0.255 e. The fourth-order valence-corrected chi connectivity index (χ4v) is 3.17. The zero-order chi connectivity index (χ0) is 17.1. The molecule has 0 saturated carbocycles. The van der Waals surface area contributed by atoms with Crippen LogP contribution in [0, 0.1) is 6.92 Å². The van der Waals surface area contributed by atoms with Crippen molar-refractivity contribution in [3.8, 4) is 33.5 Å². The van der Waals surface area contributed by atoms with E-state index >= 15 is 0 Å². The Morgan fingerprint density at radius 3 is 1.60 bits per heavy atom. The Hall–Kier alpha value is -3.19. The second-order valence-electron chi connectivity index (χ2n) is 5.97. The lowest BCUT2D eigenvalue weighted by molar-refractivity contribution is 1.30. The first kappa shape index (κ1) is 15.3. The smallest absolute Gasteiger partial charge is 0.0740 e. The molecule has 1 radical (unpaired) electrons. The van der Waals surface area contributed by atoms with Crippen LogP contribution in [-0.4, -0.2) is 4.98 Å². The maximum atomic E-state index is 4.75. The second-order valence-corrected chi connectivity index (χ2v) is 5.97. The SMILES string of the molecule is [CH2]c1c(-c2ccccc2)ncc(-c2ccccc2)c1-c1ccccc1. The minimum Gasteiger partial charge on any atom is -0.255 e. The van der Waals surface area contributed by atoms with Crippen molar-refractivity contribution in [3.63, 3.8) is 0 Å². The van der Waals surface area contributed by atoms with Gasteiger partial charge in [-0.25, -0.2) is 0 Å². The predicted molar refractivity (Wildman–Crippen MR) is 105 cm³/mol. The first-order chi connectivity index (χ1) is 12.3. The van der Waals surface area contributed by atoms with E-state index in [1.807, 2.05) is 36.5 Å². The van der Waals surface area contributed by atoms with E-state index in [0.29, 0.717) is 0 Å². The van der Waals surface area contributed by atoms with E-state index in [2.05, 4.69) is 67.6 Å². The highest BCUT2D eigenvalue weighted by Crippen LogP contribution is 2.37. The number of hydrogen-bond acceptors (Lipinski definition) is 1. The molecular weight excluding hydrogens is 302 g/mol. The average molecular weight is 320 g/mol. The van der Waals surface area contributed by atoms with Crippen LogP contribution in [0.15, 0.2) is 97.2 Å². The summed E-state index contributed by atoms with van der Waals surface area (Å²) < 4.78 is 0. The number of benzene rings is 3. The van der Waals surface area contributed by atoms with Gasteiger partial charge < -0.3 is 0 Å². The molecule has 3 aromatic carbocycles. The van der Waals surface area contributed by atoms with E-state index in [9.17, 15) is 0 Å². The number of aromatic nitrogens is 1. The molecule has 0 spiro atoms. The number of pyridine rings is 1. The van der Waals surface area contributed by atoms with Gasteiger partial charge in [-0.15, -0.1) is 0 Å². The molecule has 0 atom stereocenters. The van der Waals surface area contributed by atoms with Crippen molar-refractivity contribution in [2.75, 3.05) is 0 Å². The first-order valence-electron chi connectivity index (χ1n) is 8.36. The molecular formula is C24H18N. The number of nitrogens with zero attached hydrogens (tertiary/aromatic N) is 1. The molecule has 0 aliphatic carbocycles. The van der Waals surface area contributed by atoms with Crippen LogP contribution in [0.1, 0.15) is 5.56 Å². The van der Waals surface area contributed by atoms with Crippen LogP contribution < -0.4 is 0 Å². The van der Waals surface area contributed by atoms with Crippen molar-refractivity contribution in [3.05, 3.63) is 110 Å². The van der Waals surface area contributed by atoms with E-state index in [4.69, 9.17) is 4.98 Å². The molecule has 25 heavy (non-hydrogen) atoms. The van der Waals surface area contributed by atoms with Crippen LogP contribution >= 0.6 is 0 Å². The van der Waals surface area contributed by atoms with Crippen molar-refractivity contribution in [2.24, 2.45) is 0 Å². The molecule has 1 aromatic heterocycles. The summed E-state index contributed by atoms with van der Waals surface area (Å²) in [5.41, 5.74) is 7.53. The maximum absolute atomic E-state index is 4.75. The van der Waals surface area contributed by atoms with Crippen molar-refractivity contribution < 1.29 is 0 Å². The summed E-state index contributed by atoms with van der Waals surface area (Å²) in [4.78, 5) is 4.75. The highest BCUT2D eigenvalue weighted by atomic mass is 14.7. The molecule has 1 heteroatoms. The van der Waals surface area contributed by atoms with Crippen molar-refractivity contribution in [1.82, 2.24) is 4.98 Å². The number of hydrogen-bond donors (Lipinski definition) is 0. The normalized spacial score (nSPS) is 10.6. The van der Waals surface area contributed by atoms with E-state index < -0.39 is 0 Å². The Balaban J connectivity index is 2.00. The molecule has 119 valence electrons. The summed E-state index contributed by atoms with van der Waals surface area (Å²) in [6.07, 6.45) is 1.97. The Kier molecular flexibility index (Phi) is 4.14. The highest BCUT2D eigenvalue weighted by Gasteiger charge is 2.15. The van der Waals surface area contributed by atoms with Crippen LogP contribution in [0.25, 0.3) is 33.5 Å². The third-order valence-electron chi connectivity index (χ3n) is 4.37.